The van der Waals surface area contributed by atoms with Crippen LogP contribution in [0.5, 0.6) is 0 Å². The highest BCUT2D eigenvalue weighted by Gasteiger charge is 2.18. The van der Waals surface area contributed by atoms with E-state index in [0.717, 1.165) is 5.56 Å². The average molecular weight is 423 g/mol. The Morgan fingerprint density at radius 3 is 2.50 bits per heavy atom. The molecule has 0 saturated heterocycles. The number of carbonyl (C=O) groups excluding carboxylic acids is 1. The molecular weight excluding hydrogens is 406 g/mol. The van der Waals surface area contributed by atoms with Crippen molar-refractivity contribution in [3.8, 4) is 22.8 Å². The van der Waals surface area contributed by atoms with Crippen LogP contribution in [0, 0.1) is 6.92 Å². The average Bonchev–Trinajstić information content (AvgIpc) is 3.37. The molecule has 0 saturated carbocycles. The van der Waals surface area contributed by atoms with Crippen molar-refractivity contribution in [2.75, 3.05) is 5.32 Å². The lowest BCUT2D eigenvalue weighted by Gasteiger charge is -2.11. The maximum atomic E-state index is 13.1. The highest BCUT2D eigenvalue weighted by atomic mass is 16.4. The molecule has 2 heterocycles. The van der Waals surface area contributed by atoms with E-state index in [0.29, 0.717) is 33.9 Å². The van der Waals surface area contributed by atoms with Crippen molar-refractivity contribution < 1.29 is 13.6 Å². The van der Waals surface area contributed by atoms with E-state index in [1.807, 2.05) is 30.3 Å². The number of amides is 1. The zero-order chi connectivity index (χ0) is 22.1. The molecule has 5 rings (SSSR count). The van der Waals surface area contributed by atoms with E-state index in [1.165, 1.54) is 6.39 Å². The molecular formula is C25H17N3O4. The van der Waals surface area contributed by atoms with Gasteiger partial charge in [0.05, 0.1) is 10.9 Å². The zero-order valence-corrected chi connectivity index (χ0v) is 17.0. The van der Waals surface area contributed by atoms with Gasteiger partial charge in [-0.2, -0.15) is 0 Å². The maximum absolute atomic E-state index is 13.1. The molecule has 0 aliphatic heterocycles. The minimum absolute atomic E-state index is 0.168. The lowest BCUT2D eigenvalue weighted by molar-refractivity contribution is 0.102. The second-order valence-corrected chi connectivity index (χ2v) is 7.21. The quantitative estimate of drug-likeness (QED) is 0.433. The number of nitrogens with one attached hydrogen (secondary N) is 1. The smallest absolute Gasteiger partial charge is 0.259 e. The molecule has 2 aromatic heterocycles. The van der Waals surface area contributed by atoms with Crippen molar-refractivity contribution in [2.45, 2.75) is 6.92 Å². The molecule has 0 aliphatic carbocycles. The topological polar surface area (TPSA) is 98.2 Å². The Labute approximate surface area is 182 Å². The Kier molecular flexibility index (Phi) is 4.84. The molecule has 0 atom stereocenters. The third kappa shape index (κ3) is 3.45. The number of rotatable bonds is 4. The van der Waals surface area contributed by atoms with Gasteiger partial charge in [0.15, 0.2) is 11.0 Å². The van der Waals surface area contributed by atoms with Crippen molar-refractivity contribution >= 4 is 22.6 Å². The summed E-state index contributed by atoms with van der Waals surface area (Å²) < 4.78 is 11.4. The van der Waals surface area contributed by atoms with Crippen molar-refractivity contribution in [3.63, 3.8) is 0 Å². The zero-order valence-electron chi connectivity index (χ0n) is 17.0. The number of anilines is 1. The van der Waals surface area contributed by atoms with Crippen molar-refractivity contribution in [2.24, 2.45) is 0 Å². The third-order valence-electron chi connectivity index (χ3n) is 5.15. The number of fused-ring (bicyclic) bond motifs is 1. The highest BCUT2D eigenvalue weighted by molar-refractivity contribution is 6.11. The normalized spacial score (nSPS) is 10.9. The van der Waals surface area contributed by atoms with E-state index in [1.54, 1.807) is 49.4 Å². The van der Waals surface area contributed by atoms with Crippen LogP contribution in [0.1, 0.15) is 15.9 Å². The van der Waals surface area contributed by atoms with E-state index < -0.39 is 5.91 Å². The summed E-state index contributed by atoms with van der Waals surface area (Å²) in [6.45, 7) is 1.73. The minimum atomic E-state index is -0.399. The molecule has 1 amide bonds. The van der Waals surface area contributed by atoms with Crippen LogP contribution in [-0.4, -0.2) is 16.1 Å². The largest absolute Gasteiger partial charge is 0.455 e. The summed E-state index contributed by atoms with van der Waals surface area (Å²) in [5.41, 5.74) is 2.82. The molecule has 156 valence electrons. The molecule has 0 unspecified atom stereocenters. The van der Waals surface area contributed by atoms with Gasteiger partial charge in [-0.25, -0.2) is 0 Å². The Morgan fingerprint density at radius 2 is 1.72 bits per heavy atom. The number of aromatic nitrogens is 2. The van der Waals surface area contributed by atoms with Gasteiger partial charge in [-0.1, -0.05) is 42.5 Å². The van der Waals surface area contributed by atoms with E-state index in [4.69, 9.17) is 8.83 Å². The van der Waals surface area contributed by atoms with Crippen molar-refractivity contribution in [3.05, 3.63) is 101 Å². The number of carbonyl (C=O) groups is 1. The molecule has 7 nitrogen and oxygen atoms in total. The molecule has 0 spiro atoms. The molecule has 1 N–H and O–H groups in total. The number of hydrogen-bond acceptors (Lipinski definition) is 6. The van der Waals surface area contributed by atoms with Gasteiger partial charge in [-0.15, -0.1) is 10.2 Å². The monoisotopic (exact) mass is 423 g/mol. The number of nitrogens with zero attached hydrogens (tertiary/aromatic N) is 2. The second kappa shape index (κ2) is 7.96. The summed E-state index contributed by atoms with van der Waals surface area (Å²) in [4.78, 5) is 26.2. The van der Waals surface area contributed by atoms with Gasteiger partial charge in [0.2, 0.25) is 12.3 Å². The SMILES string of the molecule is Cc1c(-c2ccccc2)oc2c(C(=O)Nc3cccc(-c4nnco4)c3)cccc2c1=O. The molecule has 32 heavy (non-hydrogen) atoms. The molecule has 5 aromatic rings. The first-order valence-corrected chi connectivity index (χ1v) is 9.91. The van der Waals surface area contributed by atoms with Crippen molar-refractivity contribution in [1.82, 2.24) is 10.2 Å². The molecule has 7 heteroatoms. The first-order valence-electron chi connectivity index (χ1n) is 9.91. The van der Waals surface area contributed by atoms with Gasteiger partial charge in [0.25, 0.3) is 5.91 Å². The summed E-state index contributed by atoms with van der Waals surface area (Å²) >= 11 is 0. The fourth-order valence-corrected chi connectivity index (χ4v) is 3.58. The molecule has 0 radical (unpaired) electrons. The lowest BCUT2D eigenvalue weighted by Crippen LogP contribution is -2.15. The van der Waals surface area contributed by atoms with E-state index in [9.17, 15) is 9.59 Å². The van der Waals surface area contributed by atoms with Crippen molar-refractivity contribution in [1.29, 1.82) is 0 Å². The summed E-state index contributed by atoms with van der Waals surface area (Å²) in [5, 5.41) is 10.8. The van der Waals surface area contributed by atoms with Gasteiger partial charge in [0, 0.05) is 22.4 Å². The van der Waals surface area contributed by atoms with Gasteiger partial charge in [0.1, 0.15) is 5.76 Å². The second-order valence-electron chi connectivity index (χ2n) is 7.21. The third-order valence-corrected chi connectivity index (χ3v) is 5.15. The molecule has 0 aliphatic rings. The Bertz CT molecular complexity index is 1490. The molecule has 0 bridgehead atoms. The summed E-state index contributed by atoms with van der Waals surface area (Å²) in [7, 11) is 0. The van der Waals surface area contributed by atoms with Crippen LogP contribution in [0.4, 0.5) is 5.69 Å². The Morgan fingerprint density at radius 1 is 0.938 bits per heavy atom. The maximum Gasteiger partial charge on any atom is 0.259 e. The summed E-state index contributed by atoms with van der Waals surface area (Å²) in [5.74, 6) is 0.395. The lowest BCUT2D eigenvalue weighted by atomic mass is 10.0. The first-order chi connectivity index (χ1) is 15.6. The number of hydrogen-bond donors (Lipinski definition) is 1. The van der Waals surface area contributed by atoms with E-state index in [-0.39, 0.29) is 16.6 Å². The van der Waals surface area contributed by atoms with Gasteiger partial charge in [-0.05, 0) is 37.3 Å². The number of para-hydroxylation sites is 1. The van der Waals surface area contributed by atoms with Gasteiger partial charge in [-0.3, -0.25) is 9.59 Å². The van der Waals surface area contributed by atoms with Gasteiger partial charge < -0.3 is 14.2 Å². The van der Waals surface area contributed by atoms with Crippen LogP contribution >= 0.6 is 0 Å². The summed E-state index contributed by atoms with van der Waals surface area (Å²) in [6, 6.07) is 21.4. The highest BCUT2D eigenvalue weighted by Crippen LogP contribution is 2.28. The van der Waals surface area contributed by atoms with Crippen LogP contribution < -0.4 is 10.7 Å². The predicted molar refractivity (Wildman–Crippen MR) is 120 cm³/mol. The van der Waals surface area contributed by atoms with Crippen LogP contribution in [-0.2, 0) is 0 Å². The van der Waals surface area contributed by atoms with Crippen LogP contribution in [0.3, 0.4) is 0 Å². The minimum Gasteiger partial charge on any atom is -0.455 e. The Hall–Kier alpha value is -4.52. The fraction of sp³-hybridized carbons (Fsp3) is 0.0400. The predicted octanol–water partition coefficient (Wildman–Crippen LogP) is 5.07. The Balaban J connectivity index is 1.57. The fourth-order valence-electron chi connectivity index (χ4n) is 3.58. The van der Waals surface area contributed by atoms with Crippen LogP contribution in [0.25, 0.3) is 33.7 Å². The standard InChI is InChI=1S/C25H17N3O4/c1-15-21(29)19-11-6-12-20(23(19)32-22(15)16-7-3-2-4-8-16)24(30)27-18-10-5-9-17(13-18)25-28-26-14-31-25/h2-14H,1H3,(H,27,30). The van der Waals surface area contributed by atoms with E-state index in [2.05, 4.69) is 15.5 Å². The van der Waals surface area contributed by atoms with Crippen LogP contribution in [0.15, 0.2) is 92.8 Å². The summed E-state index contributed by atoms with van der Waals surface area (Å²) in [6.07, 6.45) is 1.24. The molecule has 3 aromatic carbocycles. The first kappa shape index (κ1) is 19.4. The number of benzene rings is 3. The molecule has 0 fully saturated rings. The van der Waals surface area contributed by atoms with Gasteiger partial charge >= 0.3 is 0 Å². The van der Waals surface area contributed by atoms with E-state index >= 15 is 0 Å². The van der Waals surface area contributed by atoms with Crippen LogP contribution in [0.2, 0.25) is 0 Å².